The van der Waals surface area contributed by atoms with Crippen LogP contribution in [0.4, 0.5) is 5.69 Å². The van der Waals surface area contributed by atoms with Crippen LogP contribution < -0.4 is 9.96 Å². The highest BCUT2D eigenvalue weighted by molar-refractivity contribution is 6.52. The number of anilines is 1. The summed E-state index contributed by atoms with van der Waals surface area (Å²) in [5.41, 5.74) is 1.54. The molecule has 1 aromatic carbocycles. The lowest BCUT2D eigenvalue weighted by Gasteiger charge is -2.10. The molecule has 19 heavy (non-hydrogen) atoms. The molecule has 0 amide bonds. The molecule has 0 bridgehead atoms. The minimum absolute atomic E-state index is 0.138. The molecule has 1 heterocycles. The SMILES string of the molecule is CB(O)Nc1cccc(Oc2nc(Cl)ncc2C)c1. The summed E-state index contributed by atoms with van der Waals surface area (Å²) < 4.78 is 5.66. The van der Waals surface area contributed by atoms with Crippen molar-refractivity contribution in [1.29, 1.82) is 0 Å². The highest BCUT2D eigenvalue weighted by Gasteiger charge is 2.07. The summed E-state index contributed by atoms with van der Waals surface area (Å²) in [5, 5.41) is 12.3. The van der Waals surface area contributed by atoms with Crippen molar-refractivity contribution in [3.05, 3.63) is 41.3 Å². The molecule has 5 nitrogen and oxygen atoms in total. The average Bonchev–Trinajstić information content (AvgIpc) is 2.33. The van der Waals surface area contributed by atoms with E-state index < -0.39 is 7.05 Å². The summed E-state index contributed by atoms with van der Waals surface area (Å²) in [6.07, 6.45) is 1.60. The standard InChI is InChI=1S/C12H13BClN3O2/c1-8-7-15-12(14)16-11(8)19-10-5-3-4-9(6-10)17-13(2)18/h3-7,17-18H,1-2H3. The van der Waals surface area contributed by atoms with Gasteiger partial charge in [0.2, 0.25) is 11.2 Å². The van der Waals surface area contributed by atoms with Gasteiger partial charge in [0.25, 0.3) is 0 Å². The predicted octanol–water partition coefficient (Wildman–Crippen LogP) is 2.75. The van der Waals surface area contributed by atoms with Crippen molar-refractivity contribution >= 4 is 24.3 Å². The lowest BCUT2D eigenvalue weighted by atomic mass is 9.88. The van der Waals surface area contributed by atoms with Gasteiger partial charge in [-0.2, -0.15) is 4.98 Å². The number of hydrogen-bond acceptors (Lipinski definition) is 5. The zero-order chi connectivity index (χ0) is 13.8. The van der Waals surface area contributed by atoms with Gasteiger partial charge in [0.05, 0.1) is 0 Å². The van der Waals surface area contributed by atoms with Crippen LogP contribution in [0.25, 0.3) is 0 Å². The minimum Gasteiger partial charge on any atom is -0.439 e. The van der Waals surface area contributed by atoms with Gasteiger partial charge in [0, 0.05) is 23.5 Å². The van der Waals surface area contributed by atoms with E-state index in [4.69, 9.17) is 16.3 Å². The monoisotopic (exact) mass is 277 g/mol. The van der Waals surface area contributed by atoms with Crippen LogP contribution in [0, 0.1) is 6.92 Å². The van der Waals surface area contributed by atoms with Crippen molar-refractivity contribution in [2.75, 3.05) is 5.23 Å². The number of nitrogens with one attached hydrogen (secondary N) is 1. The zero-order valence-corrected chi connectivity index (χ0v) is 11.3. The van der Waals surface area contributed by atoms with Gasteiger partial charge in [-0.3, -0.25) is 0 Å². The highest BCUT2D eigenvalue weighted by atomic mass is 35.5. The number of nitrogens with zero attached hydrogens (tertiary/aromatic N) is 2. The Morgan fingerprint density at radius 1 is 1.42 bits per heavy atom. The molecule has 0 radical (unpaired) electrons. The van der Waals surface area contributed by atoms with E-state index in [1.807, 2.05) is 19.1 Å². The fourth-order valence-electron chi connectivity index (χ4n) is 1.51. The third-order valence-corrected chi connectivity index (χ3v) is 2.50. The molecular formula is C12H13BClN3O2. The number of benzene rings is 1. The molecule has 2 aromatic rings. The molecular weight excluding hydrogens is 264 g/mol. The Hall–Kier alpha value is -1.79. The molecule has 7 heteroatoms. The molecule has 0 saturated heterocycles. The molecule has 98 valence electrons. The first kappa shape index (κ1) is 13.6. The van der Waals surface area contributed by atoms with Crippen molar-refractivity contribution in [3.8, 4) is 11.6 Å². The van der Waals surface area contributed by atoms with Gasteiger partial charge >= 0.3 is 7.05 Å². The van der Waals surface area contributed by atoms with E-state index in [-0.39, 0.29) is 5.28 Å². The molecule has 0 spiro atoms. The number of rotatable bonds is 4. The van der Waals surface area contributed by atoms with Crippen LogP contribution in [0.15, 0.2) is 30.5 Å². The van der Waals surface area contributed by atoms with Crippen LogP contribution in [0.5, 0.6) is 11.6 Å². The van der Waals surface area contributed by atoms with Crippen molar-refractivity contribution < 1.29 is 9.76 Å². The Balaban J connectivity index is 2.21. The molecule has 1 aromatic heterocycles. The Morgan fingerprint density at radius 2 is 2.21 bits per heavy atom. The highest BCUT2D eigenvalue weighted by Crippen LogP contribution is 2.25. The quantitative estimate of drug-likeness (QED) is 0.664. The topological polar surface area (TPSA) is 67.3 Å². The van der Waals surface area contributed by atoms with E-state index in [1.54, 1.807) is 25.2 Å². The first-order valence-corrected chi connectivity index (χ1v) is 6.14. The number of aromatic nitrogens is 2. The maximum Gasteiger partial charge on any atom is 0.406 e. The van der Waals surface area contributed by atoms with Crippen LogP contribution in [0.1, 0.15) is 5.56 Å². The van der Waals surface area contributed by atoms with Crippen LogP contribution >= 0.6 is 11.6 Å². The largest absolute Gasteiger partial charge is 0.439 e. The van der Waals surface area contributed by atoms with Crippen molar-refractivity contribution in [1.82, 2.24) is 9.97 Å². The van der Waals surface area contributed by atoms with Gasteiger partial charge in [-0.15, -0.1) is 0 Å². The van der Waals surface area contributed by atoms with Gasteiger partial charge < -0.3 is 15.0 Å². The Bertz CT molecular complexity index is 581. The lowest BCUT2D eigenvalue weighted by Crippen LogP contribution is -2.19. The van der Waals surface area contributed by atoms with E-state index in [2.05, 4.69) is 15.2 Å². The second-order valence-electron chi connectivity index (χ2n) is 4.08. The first-order valence-electron chi connectivity index (χ1n) is 5.76. The second-order valence-corrected chi connectivity index (χ2v) is 4.42. The van der Waals surface area contributed by atoms with E-state index in [0.717, 1.165) is 11.3 Å². The van der Waals surface area contributed by atoms with E-state index in [9.17, 15) is 5.02 Å². The molecule has 0 fully saturated rings. The zero-order valence-electron chi connectivity index (χ0n) is 10.6. The summed E-state index contributed by atoms with van der Waals surface area (Å²) >= 11 is 5.74. The number of aryl methyl sites for hydroxylation is 1. The smallest absolute Gasteiger partial charge is 0.406 e. The van der Waals surface area contributed by atoms with Gasteiger partial charge in [-0.25, -0.2) is 4.98 Å². The van der Waals surface area contributed by atoms with Crippen LogP contribution in [0.2, 0.25) is 12.1 Å². The van der Waals surface area contributed by atoms with Crippen molar-refractivity contribution in [2.45, 2.75) is 13.7 Å². The third-order valence-electron chi connectivity index (χ3n) is 2.32. The first-order chi connectivity index (χ1) is 9.04. The lowest BCUT2D eigenvalue weighted by molar-refractivity contribution is 0.457. The van der Waals surface area contributed by atoms with E-state index in [0.29, 0.717) is 11.6 Å². The minimum atomic E-state index is -0.634. The molecule has 0 aliphatic carbocycles. The van der Waals surface area contributed by atoms with Gasteiger partial charge in [0.1, 0.15) is 5.75 Å². The Labute approximate surface area is 116 Å². The van der Waals surface area contributed by atoms with Gasteiger partial charge in [-0.1, -0.05) is 6.07 Å². The fraction of sp³-hybridized carbons (Fsp3) is 0.167. The molecule has 0 aliphatic heterocycles. The second kappa shape index (κ2) is 5.90. The summed E-state index contributed by atoms with van der Waals surface area (Å²) in [4.78, 5) is 7.89. The molecule has 0 atom stereocenters. The number of hydrogen-bond donors (Lipinski definition) is 2. The number of ether oxygens (including phenoxy) is 1. The van der Waals surface area contributed by atoms with E-state index >= 15 is 0 Å². The van der Waals surface area contributed by atoms with Gasteiger partial charge in [0.15, 0.2) is 0 Å². The summed E-state index contributed by atoms with van der Waals surface area (Å²) in [6, 6.07) is 7.21. The molecule has 0 aliphatic rings. The van der Waals surface area contributed by atoms with Crippen LogP contribution in [0.3, 0.4) is 0 Å². The predicted molar refractivity (Wildman–Crippen MR) is 75.8 cm³/mol. The van der Waals surface area contributed by atoms with Crippen LogP contribution in [-0.2, 0) is 0 Å². The maximum absolute atomic E-state index is 9.28. The van der Waals surface area contributed by atoms with Crippen LogP contribution in [-0.4, -0.2) is 22.0 Å². The van der Waals surface area contributed by atoms with Gasteiger partial charge in [-0.05, 0) is 37.5 Å². The average molecular weight is 278 g/mol. The normalized spacial score (nSPS) is 10.1. The van der Waals surface area contributed by atoms with Crippen molar-refractivity contribution in [3.63, 3.8) is 0 Å². The fourth-order valence-corrected chi connectivity index (χ4v) is 1.64. The summed E-state index contributed by atoms with van der Waals surface area (Å²) in [6.45, 7) is 3.48. The van der Waals surface area contributed by atoms with Crippen molar-refractivity contribution in [2.24, 2.45) is 0 Å². The Kier molecular flexibility index (Phi) is 4.24. The third kappa shape index (κ3) is 3.84. The summed E-state index contributed by atoms with van der Waals surface area (Å²) in [7, 11) is -0.634. The number of halogens is 1. The summed E-state index contributed by atoms with van der Waals surface area (Å²) in [5.74, 6) is 1.01. The molecule has 2 N–H and O–H groups in total. The Morgan fingerprint density at radius 3 is 2.95 bits per heavy atom. The maximum atomic E-state index is 9.28. The molecule has 0 saturated carbocycles. The molecule has 0 unspecified atom stereocenters. The van der Waals surface area contributed by atoms with E-state index in [1.165, 1.54) is 0 Å². The molecule has 2 rings (SSSR count).